The van der Waals surface area contributed by atoms with Gasteiger partial charge in [0.2, 0.25) is 5.91 Å². The summed E-state index contributed by atoms with van der Waals surface area (Å²) in [7, 11) is 0. The summed E-state index contributed by atoms with van der Waals surface area (Å²) in [5, 5.41) is 3.15. The van der Waals surface area contributed by atoms with Crippen LogP contribution < -0.4 is 14.8 Å². The zero-order valence-electron chi connectivity index (χ0n) is 17.5. The van der Waals surface area contributed by atoms with Crippen LogP contribution in [0.1, 0.15) is 31.7 Å². The number of nitrogens with zero attached hydrogens (tertiary/aromatic N) is 1. The third-order valence-electron chi connectivity index (χ3n) is 6.17. The lowest BCUT2D eigenvalue weighted by Crippen LogP contribution is -2.51. The van der Waals surface area contributed by atoms with Crippen molar-refractivity contribution in [2.75, 3.05) is 32.8 Å². The van der Waals surface area contributed by atoms with Crippen LogP contribution >= 0.6 is 12.4 Å². The van der Waals surface area contributed by atoms with Crippen molar-refractivity contribution in [1.82, 2.24) is 10.2 Å². The van der Waals surface area contributed by atoms with E-state index in [9.17, 15) is 4.79 Å². The average Bonchev–Trinajstić information content (AvgIpc) is 2.79. The lowest BCUT2D eigenvalue weighted by atomic mass is 9.72. The fourth-order valence-corrected chi connectivity index (χ4v) is 4.36. The van der Waals surface area contributed by atoms with Gasteiger partial charge in [-0.05, 0) is 43.6 Å². The lowest BCUT2D eigenvalue weighted by Gasteiger charge is -2.43. The highest BCUT2D eigenvalue weighted by atomic mass is 35.5. The Morgan fingerprint density at radius 3 is 2.43 bits per heavy atom. The predicted molar refractivity (Wildman–Crippen MR) is 121 cm³/mol. The summed E-state index contributed by atoms with van der Waals surface area (Å²) in [4.78, 5) is 14.4. The second kappa shape index (κ2) is 10.2. The number of ether oxygens (including phenoxy) is 2. The molecule has 2 aliphatic rings. The van der Waals surface area contributed by atoms with Crippen LogP contribution in [0.25, 0.3) is 0 Å². The van der Waals surface area contributed by atoms with E-state index in [0.717, 1.165) is 44.0 Å². The van der Waals surface area contributed by atoms with Gasteiger partial charge in [-0.2, -0.15) is 0 Å². The molecule has 0 aliphatic carbocycles. The number of hydrogen-bond acceptors (Lipinski definition) is 4. The highest BCUT2D eigenvalue weighted by Crippen LogP contribution is 2.36. The van der Waals surface area contributed by atoms with Gasteiger partial charge in [0.05, 0.1) is 0 Å². The normalized spacial score (nSPS) is 20.1. The van der Waals surface area contributed by atoms with Gasteiger partial charge in [0.25, 0.3) is 0 Å². The second-order valence-electron chi connectivity index (χ2n) is 8.07. The number of hydrogen-bond donors (Lipinski definition) is 1. The highest BCUT2D eigenvalue weighted by molar-refractivity contribution is 5.85. The van der Waals surface area contributed by atoms with E-state index in [0.29, 0.717) is 19.6 Å². The van der Waals surface area contributed by atoms with E-state index in [1.54, 1.807) is 0 Å². The van der Waals surface area contributed by atoms with Crippen molar-refractivity contribution in [2.45, 2.75) is 37.7 Å². The van der Waals surface area contributed by atoms with Crippen LogP contribution in [-0.4, -0.2) is 49.7 Å². The summed E-state index contributed by atoms with van der Waals surface area (Å²) < 4.78 is 12.0. The third kappa shape index (κ3) is 5.08. The van der Waals surface area contributed by atoms with Gasteiger partial charge < -0.3 is 14.8 Å². The topological polar surface area (TPSA) is 50.8 Å². The molecule has 1 unspecified atom stereocenters. The Bertz CT molecular complexity index is 822. The Morgan fingerprint density at radius 1 is 1.07 bits per heavy atom. The van der Waals surface area contributed by atoms with Crippen LogP contribution in [0.4, 0.5) is 0 Å². The first-order valence-corrected chi connectivity index (χ1v) is 10.6. The standard InChI is InChI=1S/C24H30N2O3.ClH/c1-2-23(27)25-18-24(19-8-4-3-5-9-19)12-14-26(15-13-24)16-20-17-28-21-10-6-7-11-22(21)29-20;/h3-11,20H,2,12-18H2,1H3,(H,25,27);1H. The fraction of sp³-hybridized carbons (Fsp3) is 0.458. The number of rotatable bonds is 6. The first kappa shape index (κ1) is 22.4. The van der Waals surface area contributed by atoms with Crippen molar-refractivity contribution < 1.29 is 14.3 Å². The number of amides is 1. The summed E-state index contributed by atoms with van der Waals surface area (Å²) in [6.07, 6.45) is 2.61. The van der Waals surface area contributed by atoms with Gasteiger partial charge in [0.1, 0.15) is 12.7 Å². The summed E-state index contributed by atoms with van der Waals surface area (Å²) in [6.45, 7) is 6.02. The molecule has 5 nitrogen and oxygen atoms in total. The Balaban J connectivity index is 0.00000256. The number of carbonyl (C=O) groups is 1. The zero-order valence-corrected chi connectivity index (χ0v) is 18.3. The van der Waals surface area contributed by atoms with E-state index in [-0.39, 0.29) is 29.8 Å². The van der Waals surface area contributed by atoms with Gasteiger partial charge in [0.15, 0.2) is 11.5 Å². The molecule has 2 aliphatic heterocycles. The van der Waals surface area contributed by atoms with E-state index in [4.69, 9.17) is 9.47 Å². The predicted octanol–water partition coefficient (Wildman–Crippen LogP) is 3.81. The van der Waals surface area contributed by atoms with Gasteiger partial charge in [-0.1, -0.05) is 49.4 Å². The monoisotopic (exact) mass is 430 g/mol. The van der Waals surface area contributed by atoms with Crippen LogP contribution in [0.2, 0.25) is 0 Å². The van der Waals surface area contributed by atoms with E-state index in [1.807, 2.05) is 31.2 Å². The molecular formula is C24H31ClN2O3. The number of fused-ring (bicyclic) bond motifs is 1. The van der Waals surface area contributed by atoms with E-state index < -0.39 is 0 Å². The fourth-order valence-electron chi connectivity index (χ4n) is 4.36. The van der Waals surface area contributed by atoms with Gasteiger partial charge in [0, 0.05) is 24.9 Å². The van der Waals surface area contributed by atoms with Crippen molar-refractivity contribution >= 4 is 18.3 Å². The second-order valence-corrected chi connectivity index (χ2v) is 8.07. The maximum absolute atomic E-state index is 11.9. The molecule has 2 heterocycles. The molecule has 2 aromatic carbocycles. The molecule has 0 radical (unpaired) electrons. The number of piperidine rings is 1. The number of halogens is 1. The zero-order chi connectivity index (χ0) is 20.1. The smallest absolute Gasteiger partial charge is 0.219 e. The largest absolute Gasteiger partial charge is 0.486 e. The molecule has 2 aromatic rings. The van der Waals surface area contributed by atoms with Gasteiger partial charge in [-0.25, -0.2) is 0 Å². The first-order chi connectivity index (χ1) is 14.2. The van der Waals surface area contributed by atoms with Crippen LogP contribution in [0.3, 0.4) is 0 Å². The molecular weight excluding hydrogens is 400 g/mol. The molecule has 162 valence electrons. The Hall–Kier alpha value is -2.24. The molecule has 30 heavy (non-hydrogen) atoms. The highest BCUT2D eigenvalue weighted by Gasteiger charge is 2.37. The quantitative estimate of drug-likeness (QED) is 0.757. The SMILES string of the molecule is CCC(=O)NCC1(c2ccccc2)CCN(CC2COc3ccccc3O2)CC1.Cl. The maximum atomic E-state index is 11.9. The molecule has 1 saturated heterocycles. The lowest BCUT2D eigenvalue weighted by molar-refractivity contribution is -0.121. The van der Waals surface area contributed by atoms with Crippen molar-refractivity contribution in [1.29, 1.82) is 0 Å². The Kier molecular flexibility index (Phi) is 7.62. The summed E-state index contributed by atoms with van der Waals surface area (Å²) in [6, 6.07) is 18.5. The van der Waals surface area contributed by atoms with Crippen LogP contribution in [-0.2, 0) is 10.2 Å². The van der Waals surface area contributed by atoms with Crippen molar-refractivity contribution in [3.63, 3.8) is 0 Å². The van der Waals surface area contributed by atoms with Gasteiger partial charge in [-0.15, -0.1) is 12.4 Å². The van der Waals surface area contributed by atoms with Crippen LogP contribution in [0.5, 0.6) is 11.5 Å². The molecule has 1 amide bonds. The number of benzene rings is 2. The molecule has 0 spiro atoms. The summed E-state index contributed by atoms with van der Waals surface area (Å²) >= 11 is 0. The van der Waals surface area contributed by atoms with Gasteiger partial charge in [-0.3, -0.25) is 9.69 Å². The first-order valence-electron chi connectivity index (χ1n) is 10.6. The Labute approximate surface area is 185 Å². The number of para-hydroxylation sites is 2. The van der Waals surface area contributed by atoms with Crippen molar-refractivity contribution in [2.24, 2.45) is 0 Å². The molecule has 0 saturated carbocycles. The maximum Gasteiger partial charge on any atom is 0.219 e. The van der Waals surface area contributed by atoms with Crippen molar-refractivity contribution in [3.05, 3.63) is 60.2 Å². The minimum absolute atomic E-state index is 0. The average molecular weight is 431 g/mol. The van der Waals surface area contributed by atoms with E-state index >= 15 is 0 Å². The molecule has 1 N–H and O–H groups in total. The summed E-state index contributed by atoms with van der Waals surface area (Å²) in [5.41, 5.74) is 1.32. The number of carbonyl (C=O) groups excluding carboxylic acids is 1. The molecule has 4 rings (SSSR count). The molecule has 1 fully saturated rings. The summed E-state index contributed by atoms with van der Waals surface area (Å²) in [5.74, 6) is 1.79. The van der Waals surface area contributed by atoms with E-state index in [1.165, 1.54) is 5.56 Å². The molecule has 1 atom stereocenters. The molecule has 0 aromatic heterocycles. The number of likely N-dealkylation sites (tertiary alicyclic amines) is 1. The van der Waals surface area contributed by atoms with Crippen LogP contribution in [0.15, 0.2) is 54.6 Å². The minimum Gasteiger partial charge on any atom is -0.486 e. The van der Waals surface area contributed by atoms with Crippen molar-refractivity contribution in [3.8, 4) is 11.5 Å². The molecule has 6 heteroatoms. The minimum atomic E-state index is -0.000881. The number of nitrogens with one attached hydrogen (secondary N) is 1. The molecule has 0 bridgehead atoms. The Morgan fingerprint density at radius 2 is 1.73 bits per heavy atom. The third-order valence-corrected chi connectivity index (χ3v) is 6.17. The van der Waals surface area contributed by atoms with Crippen LogP contribution in [0, 0.1) is 0 Å². The van der Waals surface area contributed by atoms with Gasteiger partial charge >= 0.3 is 0 Å². The van der Waals surface area contributed by atoms with E-state index in [2.05, 4.69) is 40.5 Å².